The lowest BCUT2D eigenvalue weighted by Crippen LogP contribution is -2.20. The quantitative estimate of drug-likeness (QED) is 0.318. The molecule has 4 aromatic rings. The first kappa shape index (κ1) is 24.2. The molecule has 0 aliphatic rings. The van der Waals surface area contributed by atoms with E-state index in [-0.39, 0.29) is 16.7 Å². The minimum Gasteiger partial charge on any atom is -0.332 e. The molecule has 2 aromatic heterocycles. The summed E-state index contributed by atoms with van der Waals surface area (Å²) in [5.41, 5.74) is 3.34. The van der Waals surface area contributed by atoms with Crippen LogP contribution in [0.15, 0.2) is 71.9 Å². The smallest absolute Gasteiger partial charge is 0.264 e. The van der Waals surface area contributed by atoms with Crippen molar-refractivity contribution < 1.29 is 12.8 Å². The summed E-state index contributed by atoms with van der Waals surface area (Å²) < 4.78 is 43.1. The molecule has 3 N–H and O–H groups in total. The van der Waals surface area contributed by atoms with Gasteiger partial charge in [-0.05, 0) is 62.5 Å². The van der Waals surface area contributed by atoms with Gasteiger partial charge in [-0.2, -0.15) is 5.10 Å². The van der Waals surface area contributed by atoms with Crippen LogP contribution in [0.5, 0.6) is 0 Å². The normalized spacial score (nSPS) is 11.2. The number of hydrogen-bond donors (Lipinski definition) is 3. The monoisotopic (exact) mass is 511 g/mol. The summed E-state index contributed by atoms with van der Waals surface area (Å²) in [6.07, 6.45) is 2.89. The Bertz CT molecular complexity index is 1460. The van der Waals surface area contributed by atoms with Crippen molar-refractivity contribution in [3.05, 3.63) is 89.8 Å². The molecular weight excluding hydrogens is 489 g/mol. The van der Waals surface area contributed by atoms with Crippen LogP contribution in [0.3, 0.4) is 0 Å². The molecule has 35 heavy (non-hydrogen) atoms. The average molecular weight is 512 g/mol. The van der Waals surface area contributed by atoms with Crippen molar-refractivity contribution in [1.82, 2.24) is 19.7 Å². The van der Waals surface area contributed by atoms with E-state index >= 15 is 0 Å². The molecular formula is C23H22FN7O2S2. The first-order valence-corrected chi connectivity index (χ1v) is 12.4. The average Bonchev–Trinajstić information content (AvgIpc) is 3.08. The van der Waals surface area contributed by atoms with E-state index in [4.69, 9.17) is 12.2 Å². The number of nitrogens with zero attached hydrogens (tertiary/aromatic N) is 4. The summed E-state index contributed by atoms with van der Waals surface area (Å²) >= 11 is 5.42. The van der Waals surface area contributed by atoms with Crippen molar-refractivity contribution in [2.45, 2.75) is 25.3 Å². The van der Waals surface area contributed by atoms with Gasteiger partial charge in [0.1, 0.15) is 5.82 Å². The number of aromatic nitrogens is 4. The fourth-order valence-corrected chi connectivity index (χ4v) is 4.52. The zero-order valence-electron chi connectivity index (χ0n) is 18.9. The van der Waals surface area contributed by atoms with Crippen LogP contribution in [0.2, 0.25) is 0 Å². The predicted molar refractivity (Wildman–Crippen MR) is 136 cm³/mol. The van der Waals surface area contributed by atoms with Crippen molar-refractivity contribution in [3.8, 4) is 0 Å². The summed E-state index contributed by atoms with van der Waals surface area (Å²) in [5.74, 6) is -0.301. The highest BCUT2D eigenvalue weighted by Crippen LogP contribution is 2.22. The van der Waals surface area contributed by atoms with E-state index in [0.717, 1.165) is 5.69 Å². The first-order valence-electron chi connectivity index (χ1n) is 10.5. The molecule has 0 saturated carbocycles. The molecule has 0 amide bonds. The molecule has 12 heteroatoms. The van der Waals surface area contributed by atoms with Gasteiger partial charge in [0.25, 0.3) is 10.0 Å². The standard InChI is InChI=1S/C23H22FN7O2S2/c1-15-21(16(2)31(29-15)14-17-6-3-4-7-20(17)24)28-23(34)27-18-8-10-19(11-9-18)35(32,33)30-22-25-12-5-13-26-22/h3-13H,14H2,1-2H3,(H,25,26,30)(H2,27,28,34). The van der Waals surface area contributed by atoms with E-state index in [1.165, 1.54) is 30.6 Å². The molecule has 2 aromatic carbocycles. The number of thiocarbonyl (C=S) groups is 1. The van der Waals surface area contributed by atoms with Crippen LogP contribution < -0.4 is 15.4 Å². The highest BCUT2D eigenvalue weighted by Gasteiger charge is 2.17. The van der Waals surface area contributed by atoms with Crippen LogP contribution in [0.1, 0.15) is 17.0 Å². The Hall–Kier alpha value is -3.90. The fourth-order valence-electron chi connectivity index (χ4n) is 3.34. The van der Waals surface area contributed by atoms with E-state index in [0.29, 0.717) is 34.3 Å². The van der Waals surface area contributed by atoms with Crippen molar-refractivity contribution >= 4 is 44.7 Å². The van der Waals surface area contributed by atoms with Gasteiger partial charge in [-0.1, -0.05) is 18.2 Å². The highest BCUT2D eigenvalue weighted by molar-refractivity contribution is 7.92. The SMILES string of the molecule is Cc1nn(Cc2ccccc2F)c(C)c1NC(=S)Nc1ccc(S(=O)(=O)Nc2ncccn2)cc1. The number of hydrogen-bond acceptors (Lipinski definition) is 6. The van der Waals surface area contributed by atoms with Gasteiger partial charge in [0.05, 0.1) is 28.5 Å². The predicted octanol–water partition coefficient (Wildman–Crippen LogP) is 4.09. The largest absolute Gasteiger partial charge is 0.332 e. The van der Waals surface area contributed by atoms with Crippen molar-refractivity contribution in [2.24, 2.45) is 0 Å². The van der Waals surface area contributed by atoms with Gasteiger partial charge in [-0.15, -0.1) is 0 Å². The van der Waals surface area contributed by atoms with Gasteiger partial charge in [-0.25, -0.2) is 27.5 Å². The molecule has 0 bridgehead atoms. The van der Waals surface area contributed by atoms with E-state index in [2.05, 4.69) is 30.4 Å². The Morgan fingerprint density at radius 1 is 1.00 bits per heavy atom. The highest BCUT2D eigenvalue weighted by atomic mass is 32.2. The Kier molecular flexibility index (Phi) is 7.03. The maximum atomic E-state index is 14.0. The Labute approximate surface area is 207 Å². The number of anilines is 3. The van der Waals surface area contributed by atoms with Crippen molar-refractivity contribution in [3.63, 3.8) is 0 Å². The molecule has 0 spiro atoms. The summed E-state index contributed by atoms with van der Waals surface area (Å²) in [7, 11) is -3.83. The molecule has 0 fully saturated rings. The number of benzene rings is 2. The van der Waals surface area contributed by atoms with Gasteiger partial charge < -0.3 is 10.6 Å². The molecule has 0 saturated heterocycles. The molecule has 0 radical (unpaired) electrons. The first-order chi connectivity index (χ1) is 16.7. The van der Waals surface area contributed by atoms with Crippen LogP contribution in [0.25, 0.3) is 0 Å². The van der Waals surface area contributed by atoms with Crippen LogP contribution >= 0.6 is 12.2 Å². The van der Waals surface area contributed by atoms with Crippen molar-refractivity contribution in [1.29, 1.82) is 0 Å². The molecule has 0 aliphatic carbocycles. The third kappa shape index (κ3) is 5.78. The van der Waals surface area contributed by atoms with Gasteiger partial charge in [0.15, 0.2) is 5.11 Å². The summed E-state index contributed by atoms with van der Waals surface area (Å²) in [6, 6.07) is 14.2. The topological polar surface area (TPSA) is 114 Å². The molecule has 180 valence electrons. The number of sulfonamides is 1. The summed E-state index contributed by atoms with van der Waals surface area (Å²) in [4.78, 5) is 7.78. The fraction of sp³-hybridized carbons (Fsp3) is 0.130. The van der Waals surface area contributed by atoms with E-state index in [1.54, 1.807) is 41.1 Å². The van der Waals surface area contributed by atoms with Gasteiger partial charge in [0.2, 0.25) is 5.95 Å². The lowest BCUT2D eigenvalue weighted by molar-refractivity contribution is 0.579. The third-order valence-corrected chi connectivity index (χ3v) is 6.66. The number of rotatable bonds is 7. The molecule has 2 heterocycles. The zero-order valence-corrected chi connectivity index (χ0v) is 20.5. The van der Waals surface area contributed by atoms with Gasteiger partial charge in [0, 0.05) is 23.6 Å². The summed E-state index contributed by atoms with van der Waals surface area (Å²) in [5, 5.41) is 10.9. The third-order valence-electron chi connectivity index (χ3n) is 5.11. The lowest BCUT2D eigenvalue weighted by Gasteiger charge is -2.12. The lowest BCUT2D eigenvalue weighted by atomic mass is 10.2. The Morgan fingerprint density at radius 3 is 2.37 bits per heavy atom. The molecule has 9 nitrogen and oxygen atoms in total. The van der Waals surface area contributed by atoms with Crippen LogP contribution in [-0.2, 0) is 16.6 Å². The second-order valence-corrected chi connectivity index (χ2v) is 9.67. The molecule has 4 rings (SSSR count). The van der Waals surface area contributed by atoms with E-state index in [1.807, 2.05) is 13.8 Å². The number of aryl methyl sites for hydroxylation is 1. The van der Waals surface area contributed by atoms with Crippen LogP contribution in [-0.4, -0.2) is 33.3 Å². The van der Waals surface area contributed by atoms with Gasteiger partial charge >= 0.3 is 0 Å². The zero-order chi connectivity index (χ0) is 25.0. The minimum absolute atomic E-state index is 0.0126. The Morgan fingerprint density at radius 2 is 1.69 bits per heavy atom. The van der Waals surface area contributed by atoms with Crippen LogP contribution in [0.4, 0.5) is 21.7 Å². The van der Waals surface area contributed by atoms with Crippen molar-refractivity contribution in [2.75, 3.05) is 15.4 Å². The van der Waals surface area contributed by atoms with E-state index < -0.39 is 10.0 Å². The van der Waals surface area contributed by atoms with Crippen LogP contribution in [0, 0.1) is 19.7 Å². The molecule has 0 atom stereocenters. The second-order valence-electron chi connectivity index (χ2n) is 7.58. The second kappa shape index (κ2) is 10.2. The number of nitrogens with one attached hydrogen (secondary N) is 3. The van der Waals surface area contributed by atoms with E-state index in [9.17, 15) is 12.8 Å². The maximum absolute atomic E-state index is 14.0. The minimum atomic E-state index is -3.83. The van der Waals surface area contributed by atoms with Gasteiger partial charge in [-0.3, -0.25) is 4.68 Å². The molecule has 0 aliphatic heterocycles. The molecule has 0 unspecified atom stereocenters. The Balaban J connectivity index is 1.42. The maximum Gasteiger partial charge on any atom is 0.264 e. The number of halogens is 1. The summed E-state index contributed by atoms with van der Waals surface area (Å²) in [6.45, 7) is 3.99.